The fraction of sp³-hybridized carbons (Fsp3) is 1.00. The maximum atomic E-state index is 2.75. The SMILES string of the molecule is CC(C)N1C2CCC[C@H]1CC2. The van der Waals surface area contributed by atoms with Crippen molar-refractivity contribution >= 4 is 0 Å². The molecule has 2 fully saturated rings. The van der Waals surface area contributed by atoms with Gasteiger partial charge in [-0.2, -0.15) is 0 Å². The van der Waals surface area contributed by atoms with Gasteiger partial charge in [0, 0.05) is 18.1 Å². The van der Waals surface area contributed by atoms with E-state index in [4.69, 9.17) is 0 Å². The first kappa shape index (κ1) is 7.60. The number of nitrogens with zero attached hydrogens (tertiary/aromatic N) is 1. The highest BCUT2D eigenvalue weighted by Gasteiger charge is 2.37. The average molecular weight is 153 g/mol. The summed E-state index contributed by atoms with van der Waals surface area (Å²) in [6.07, 6.45) is 7.37. The molecule has 2 aliphatic heterocycles. The van der Waals surface area contributed by atoms with Crippen LogP contribution in [0, 0.1) is 0 Å². The van der Waals surface area contributed by atoms with Crippen LogP contribution in [-0.4, -0.2) is 23.0 Å². The Bertz CT molecular complexity index is 126. The van der Waals surface area contributed by atoms with Crippen molar-refractivity contribution in [2.75, 3.05) is 0 Å². The minimum Gasteiger partial charge on any atom is -0.295 e. The molecule has 0 aromatic rings. The summed E-state index contributed by atoms with van der Waals surface area (Å²) in [5.41, 5.74) is 0. The molecule has 0 aromatic heterocycles. The first-order chi connectivity index (χ1) is 5.29. The number of hydrogen-bond donors (Lipinski definition) is 0. The van der Waals surface area contributed by atoms with E-state index in [1.807, 2.05) is 0 Å². The lowest BCUT2D eigenvalue weighted by molar-refractivity contribution is 0.104. The van der Waals surface area contributed by atoms with Gasteiger partial charge in [0.25, 0.3) is 0 Å². The van der Waals surface area contributed by atoms with Gasteiger partial charge in [0.15, 0.2) is 0 Å². The zero-order valence-corrected chi connectivity index (χ0v) is 7.71. The van der Waals surface area contributed by atoms with Crippen molar-refractivity contribution in [3.05, 3.63) is 0 Å². The van der Waals surface area contributed by atoms with E-state index in [0.29, 0.717) is 0 Å². The Morgan fingerprint density at radius 3 is 1.91 bits per heavy atom. The van der Waals surface area contributed by atoms with Crippen molar-refractivity contribution < 1.29 is 0 Å². The Labute approximate surface area is 69.8 Å². The van der Waals surface area contributed by atoms with Gasteiger partial charge < -0.3 is 0 Å². The van der Waals surface area contributed by atoms with Crippen LogP contribution in [0.25, 0.3) is 0 Å². The van der Waals surface area contributed by atoms with E-state index < -0.39 is 0 Å². The Morgan fingerprint density at radius 1 is 1.00 bits per heavy atom. The fourth-order valence-electron chi connectivity index (χ4n) is 3.00. The number of piperidine rings is 1. The highest BCUT2D eigenvalue weighted by atomic mass is 15.2. The lowest BCUT2D eigenvalue weighted by Crippen LogP contribution is -2.43. The molecule has 2 saturated heterocycles. The molecule has 64 valence electrons. The predicted molar refractivity (Wildman–Crippen MR) is 47.6 cm³/mol. The number of fused-ring (bicyclic) bond motifs is 2. The van der Waals surface area contributed by atoms with Gasteiger partial charge in [0.2, 0.25) is 0 Å². The Morgan fingerprint density at radius 2 is 1.55 bits per heavy atom. The Hall–Kier alpha value is -0.0400. The van der Waals surface area contributed by atoms with Crippen LogP contribution in [0.3, 0.4) is 0 Å². The summed E-state index contributed by atoms with van der Waals surface area (Å²) < 4.78 is 0. The van der Waals surface area contributed by atoms with E-state index in [0.717, 1.165) is 18.1 Å². The van der Waals surface area contributed by atoms with Crippen molar-refractivity contribution in [3.63, 3.8) is 0 Å². The predicted octanol–water partition coefficient (Wildman–Crippen LogP) is 2.41. The van der Waals surface area contributed by atoms with Crippen LogP contribution in [0.4, 0.5) is 0 Å². The van der Waals surface area contributed by atoms with Crippen LogP contribution < -0.4 is 0 Å². The highest BCUT2D eigenvalue weighted by Crippen LogP contribution is 2.36. The first-order valence-corrected chi connectivity index (χ1v) is 5.06. The van der Waals surface area contributed by atoms with Gasteiger partial charge in [-0.05, 0) is 39.5 Å². The molecule has 0 spiro atoms. The summed E-state index contributed by atoms with van der Waals surface area (Å²) in [4.78, 5) is 2.75. The van der Waals surface area contributed by atoms with Gasteiger partial charge in [-0.25, -0.2) is 0 Å². The zero-order valence-electron chi connectivity index (χ0n) is 7.71. The standard InChI is InChI=1S/C10H19N/c1-8(2)11-9-4-3-5-10(11)7-6-9/h8-10H,3-7H2,1-2H3/t9-,10?/m0/s1. The minimum atomic E-state index is 0.785. The summed E-state index contributed by atoms with van der Waals surface area (Å²) in [7, 11) is 0. The van der Waals surface area contributed by atoms with Crippen molar-refractivity contribution in [2.24, 2.45) is 0 Å². The van der Waals surface area contributed by atoms with Crippen LogP contribution in [0.5, 0.6) is 0 Å². The van der Waals surface area contributed by atoms with Gasteiger partial charge in [-0.3, -0.25) is 4.90 Å². The first-order valence-electron chi connectivity index (χ1n) is 5.06. The van der Waals surface area contributed by atoms with Gasteiger partial charge in [0.1, 0.15) is 0 Å². The number of hydrogen-bond acceptors (Lipinski definition) is 1. The molecule has 1 heteroatoms. The summed E-state index contributed by atoms with van der Waals surface area (Å²) in [5.74, 6) is 0. The monoisotopic (exact) mass is 153 g/mol. The molecule has 0 N–H and O–H groups in total. The molecule has 0 aliphatic carbocycles. The molecule has 2 atom stereocenters. The summed E-state index contributed by atoms with van der Waals surface area (Å²) in [6.45, 7) is 4.69. The third kappa shape index (κ3) is 1.20. The molecule has 1 unspecified atom stereocenters. The van der Waals surface area contributed by atoms with E-state index in [9.17, 15) is 0 Å². The lowest BCUT2D eigenvalue weighted by atomic mass is 10.0. The van der Waals surface area contributed by atoms with E-state index in [2.05, 4.69) is 18.7 Å². The largest absolute Gasteiger partial charge is 0.295 e. The second-order valence-corrected chi connectivity index (χ2v) is 4.36. The van der Waals surface area contributed by atoms with E-state index in [-0.39, 0.29) is 0 Å². The summed E-state index contributed by atoms with van der Waals surface area (Å²) >= 11 is 0. The molecule has 2 bridgehead atoms. The Kier molecular flexibility index (Phi) is 1.92. The van der Waals surface area contributed by atoms with Crippen LogP contribution in [0.2, 0.25) is 0 Å². The molecule has 11 heavy (non-hydrogen) atoms. The average Bonchev–Trinajstić information content (AvgIpc) is 2.23. The number of rotatable bonds is 1. The topological polar surface area (TPSA) is 3.24 Å². The van der Waals surface area contributed by atoms with Crippen molar-refractivity contribution in [1.29, 1.82) is 0 Å². The quantitative estimate of drug-likeness (QED) is 0.559. The van der Waals surface area contributed by atoms with Gasteiger partial charge in [-0.1, -0.05) is 6.42 Å². The molecule has 2 heterocycles. The molecular weight excluding hydrogens is 134 g/mol. The van der Waals surface area contributed by atoms with Crippen LogP contribution in [-0.2, 0) is 0 Å². The third-order valence-corrected chi connectivity index (χ3v) is 3.35. The second-order valence-electron chi connectivity index (χ2n) is 4.36. The van der Waals surface area contributed by atoms with E-state index in [1.54, 1.807) is 0 Å². The van der Waals surface area contributed by atoms with Crippen LogP contribution in [0.15, 0.2) is 0 Å². The lowest BCUT2D eigenvalue weighted by Gasteiger charge is -2.37. The maximum absolute atomic E-state index is 2.75. The Balaban J connectivity index is 2.09. The van der Waals surface area contributed by atoms with Gasteiger partial charge in [-0.15, -0.1) is 0 Å². The third-order valence-electron chi connectivity index (χ3n) is 3.35. The normalized spacial score (nSPS) is 38.5. The summed E-state index contributed by atoms with van der Waals surface area (Å²) in [6, 6.07) is 2.69. The van der Waals surface area contributed by atoms with E-state index in [1.165, 1.54) is 32.1 Å². The van der Waals surface area contributed by atoms with Crippen molar-refractivity contribution in [1.82, 2.24) is 4.90 Å². The van der Waals surface area contributed by atoms with Crippen molar-refractivity contribution in [2.45, 2.75) is 64.1 Å². The molecule has 2 aliphatic rings. The van der Waals surface area contributed by atoms with Gasteiger partial charge in [0.05, 0.1) is 0 Å². The smallest absolute Gasteiger partial charge is 0.0101 e. The highest BCUT2D eigenvalue weighted by molar-refractivity contribution is 4.93. The molecule has 0 amide bonds. The minimum absolute atomic E-state index is 0.785. The molecule has 2 rings (SSSR count). The zero-order chi connectivity index (χ0) is 7.84. The molecule has 1 nitrogen and oxygen atoms in total. The maximum Gasteiger partial charge on any atom is 0.0101 e. The molecular formula is C10H19N. The van der Waals surface area contributed by atoms with E-state index >= 15 is 0 Å². The summed E-state index contributed by atoms with van der Waals surface area (Å²) in [5, 5.41) is 0. The second kappa shape index (κ2) is 2.78. The van der Waals surface area contributed by atoms with Crippen LogP contribution in [0.1, 0.15) is 46.0 Å². The van der Waals surface area contributed by atoms with Crippen LogP contribution >= 0.6 is 0 Å². The molecule has 0 radical (unpaired) electrons. The van der Waals surface area contributed by atoms with Gasteiger partial charge >= 0.3 is 0 Å². The fourth-order valence-corrected chi connectivity index (χ4v) is 3.00. The molecule has 0 aromatic carbocycles. The van der Waals surface area contributed by atoms with Crippen molar-refractivity contribution in [3.8, 4) is 0 Å². The molecule has 0 saturated carbocycles.